The lowest BCUT2D eigenvalue weighted by molar-refractivity contribution is 0.308. The fraction of sp³-hybridized carbons (Fsp3) is 0.474. The molecule has 0 amide bonds. The molecule has 0 aromatic carbocycles. The third kappa shape index (κ3) is 2.55. The van der Waals surface area contributed by atoms with Crippen LogP contribution in [0.5, 0.6) is 0 Å². The van der Waals surface area contributed by atoms with E-state index in [-0.39, 0.29) is 0 Å². The number of hydrogen-bond donors (Lipinski definition) is 2. The Labute approximate surface area is 151 Å². The lowest BCUT2D eigenvalue weighted by Gasteiger charge is -2.42. The maximum atomic E-state index is 4.61. The van der Waals surface area contributed by atoms with Crippen molar-refractivity contribution in [3.63, 3.8) is 0 Å². The van der Waals surface area contributed by atoms with Gasteiger partial charge in [-0.1, -0.05) is 0 Å². The summed E-state index contributed by atoms with van der Waals surface area (Å²) in [5, 5.41) is 6.08. The summed E-state index contributed by atoms with van der Waals surface area (Å²) < 4.78 is 0. The number of aryl methyl sites for hydroxylation is 1. The average molecular weight is 353 g/mol. The van der Waals surface area contributed by atoms with Crippen LogP contribution in [0.25, 0.3) is 21.6 Å². The summed E-state index contributed by atoms with van der Waals surface area (Å²) in [7, 11) is 0. The predicted octanol–water partition coefficient (Wildman–Crippen LogP) is 3.72. The van der Waals surface area contributed by atoms with Gasteiger partial charge >= 0.3 is 0 Å². The number of fused-ring (bicyclic) bond motifs is 1. The van der Waals surface area contributed by atoms with Gasteiger partial charge in [-0.25, -0.2) is 9.97 Å². The van der Waals surface area contributed by atoms with Gasteiger partial charge in [0.05, 0.1) is 11.1 Å². The van der Waals surface area contributed by atoms with Crippen LogP contribution < -0.4 is 10.2 Å². The van der Waals surface area contributed by atoms with Gasteiger partial charge in [0, 0.05) is 47.7 Å². The maximum absolute atomic E-state index is 4.61. The number of hydrogen-bond acceptors (Lipinski definition) is 5. The van der Waals surface area contributed by atoms with Crippen LogP contribution in [0, 0.1) is 6.92 Å². The third-order valence-corrected chi connectivity index (χ3v) is 6.60. The highest BCUT2D eigenvalue weighted by Gasteiger charge is 2.38. The van der Waals surface area contributed by atoms with Crippen LogP contribution >= 0.6 is 11.3 Å². The molecule has 1 atom stereocenters. The number of nitrogens with one attached hydrogen (secondary N) is 2. The summed E-state index contributed by atoms with van der Waals surface area (Å²) in [5.41, 5.74) is 3.73. The number of aromatic amines is 1. The number of pyridine rings is 1. The molecule has 5 nitrogen and oxygen atoms in total. The standard InChI is InChI=1S/C19H23N5S/c1-13-10-22-18(25-13)14-11-21-17-16(14)15(4-8-20-17)24-9-3-6-19(12-24)5-2-7-23-19/h4,8,10-11,23H,2-3,5-7,9,12H2,1H3,(H,20,21). The molecule has 0 bridgehead atoms. The zero-order chi connectivity index (χ0) is 16.9. The van der Waals surface area contributed by atoms with Crippen molar-refractivity contribution in [1.29, 1.82) is 0 Å². The molecule has 2 aliphatic rings. The summed E-state index contributed by atoms with van der Waals surface area (Å²) in [5.74, 6) is 0. The lowest BCUT2D eigenvalue weighted by atomic mass is 9.87. The van der Waals surface area contributed by atoms with Crippen molar-refractivity contribution >= 4 is 28.1 Å². The summed E-state index contributed by atoms with van der Waals surface area (Å²) in [6, 6.07) is 2.17. The van der Waals surface area contributed by atoms with Crippen molar-refractivity contribution in [2.24, 2.45) is 0 Å². The Morgan fingerprint density at radius 3 is 2.96 bits per heavy atom. The summed E-state index contributed by atoms with van der Waals surface area (Å²) in [4.78, 5) is 16.3. The first-order valence-electron chi connectivity index (χ1n) is 9.13. The van der Waals surface area contributed by atoms with E-state index in [2.05, 4.69) is 44.4 Å². The molecule has 5 heterocycles. The van der Waals surface area contributed by atoms with Gasteiger partial charge in [-0.15, -0.1) is 11.3 Å². The molecular formula is C19H23N5S. The SMILES string of the molecule is Cc1cnc(-c2c[nH]c3nccc(N4CCCC5(CCCN5)C4)c23)s1. The molecule has 2 aliphatic heterocycles. The molecular weight excluding hydrogens is 330 g/mol. The molecule has 0 aliphatic carbocycles. The molecule has 3 aromatic rings. The van der Waals surface area contributed by atoms with E-state index >= 15 is 0 Å². The third-order valence-electron chi connectivity index (χ3n) is 5.65. The molecule has 1 spiro atoms. The van der Waals surface area contributed by atoms with E-state index in [1.165, 1.54) is 47.2 Å². The number of piperidine rings is 1. The average Bonchev–Trinajstić information content (AvgIpc) is 3.34. The predicted molar refractivity (Wildman–Crippen MR) is 103 cm³/mol. The Morgan fingerprint density at radius 1 is 1.24 bits per heavy atom. The maximum Gasteiger partial charge on any atom is 0.140 e. The van der Waals surface area contributed by atoms with Crippen LogP contribution in [0.4, 0.5) is 5.69 Å². The molecule has 0 radical (unpaired) electrons. The molecule has 1 unspecified atom stereocenters. The van der Waals surface area contributed by atoms with Crippen LogP contribution in [0.2, 0.25) is 0 Å². The second-order valence-electron chi connectivity index (χ2n) is 7.37. The van der Waals surface area contributed by atoms with Crippen molar-refractivity contribution in [1.82, 2.24) is 20.3 Å². The van der Waals surface area contributed by atoms with E-state index in [0.717, 1.165) is 30.3 Å². The van der Waals surface area contributed by atoms with Crippen LogP contribution in [0.1, 0.15) is 30.6 Å². The topological polar surface area (TPSA) is 56.8 Å². The molecule has 6 heteroatoms. The smallest absolute Gasteiger partial charge is 0.140 e. The largest absolute Gasteiger partial charge is 0.369 e. The molecule has 2 N–H and O–H groups in total. The van der Waals surface area contributed by atoms with E-state index < -0.39 is 0 Å². The Balaban J connectivity index is 1.60. The Bertz CT molecular complexity index is 906. The molecule has 3 aromatic heterocycles. The molecule has 0 saturated carbocycles. The van der Waals surface area contributed by atoms with E-state index in [1.807, 2.05) is 12.4 Å². The zero-order valence-corrected chi connectivity index (χ0v) is 15.3. The fourth-order valence-electron chi connectivity index (χ4n) is 4.51. The lowest BCUT2D eigenvalue weighted by Crippen LogP contribution is -2.54. The quantitative estimate of drug-likeness (QED) is 0.737. The van der Waals surface area contributed by atoms with Gasteiger partial charge < -0.3 is 15.2 Å². The molecule has 25 heavy (non-hydrogen) atoms. The van der Waals surface area contributed by atoms with Crippen molar-refractivity contribution in [2.45, 2.75) is 38.1 Å². The first-order chi connectivity index (χ1) is 12.2. The van der Waals surface area contributed by atoms with E-state index in [9.17, 15) is 0 Å². The first kappa shape index (κ1) is 15.3. The zero-order valence-electron chi connectivity index (χ0n) is 14.5. The second-order valence-corrected chi connectivity index (χ2v) is 8.60. The normalized spacial score (nSPS) is 23.8. The van der Waals surface area contributed by atoms with Gasteiger partial charge in [-0.05, 0) is 45.2 Å². The van der Waals surface area contributed by atoms with E-state index in [1.54, 1.807) is 11.3 Å². The summed E-state index contributed by atoms with van der Waals surface area (Å²) in [6.45, 7) is 5.47. The minimum atomic E-state index is 0.308. The molecule has 130 valence electrons. The molecule has 5 rings (SSSR count). The number of nitrogens with zero attached hydrogens (tertiary/aromatic N) is 3. The summed E-state index contributed by atoms with van der Waals surface area (Å²) in [6.07, 6.45) is 11.1. The van der Waals surface area contributed by atoms with Crippen molar-refractivity contribution in [3.8, 4) is 10.6 Å². The highest BCUT2D eigenvalue weighted by atomic mass is 32.1. The number of rotatable bonds is 2. The number of aromatic nitrogens is 3. The van der Waals surface area contributed by atoms with Gasteiger partial charge in [-0.3, -0.25) is 0 Å². The minimum absolute atomic E-state index is 0.308. The van der Waals surface area contributed by atoms with E-state index in [0.29, 0.717) is 5.54 Å². The minimum Gasteiger partial charge on any atom is -0.369 e. The van der Waals surface area contributed by atoms with Crippen molar-refractivity contribution < 1.29 is 0 Å². The number of H-pyrrole nitrogens is 1. The van der Waals surface area contributed by atoms with Crippen molar-refractivity contribution in [3.05, 3.63) is 29.5 Å². The van der Waals surface area contributed by atoms with Crippen LogP contribution in [-0.2, 0) is 0 Å². The Morgan fingerprint density at radius 2 is 2.16 bits per heavy atom. The van der Waals surface area contributed by atoms with Gasteiger partial charge in [0.15, 0.2) is 0 Å². The van der Waals surface area contributed by atoms with Gasteiger partial charge in [-0.2, -0.15) is 0 Å². The number of anilines is 1. The number of thiazole rings is 1. The van der Waals surface area contributed by atoms with Crippen molar-refractivity contribution in [2.75, 3.05) is 24.5 Å². The van der Waals surface area contributed by atoms with Crippen LogP contribution in [0.3, 0.4) is 0 Å². The molecule has 2 fully saturated rings. The first-order valence-corrected chi connectivity index (χ1v) is 9.95. The summed E-state index contributed by atoms with van der Waals surface area (Å²) >= 11 is 1.74. The fourth-order valence-corrected chi connectivity index (χ4v) is 5.29. The van der Waals surface area contributed by atoms with Gasteiger partial charge in [0.2, 0.25) is 0 Å². The molecule has 2 saturated heterocycles. The van der Waals surface area contributed by atoms with Crippen LogP contribution in [-0.4, -0.2) is 40.1 Å². The van der Waals surface area contributed by atoms with E-state index in [4.69, 9.17) is 0 Å². The highest BCUT2D eigenvalue weighted by Crippen LogP contribution is 2.39. The van der Waals surface area contributed by atoms with Gasteiger partial charge in [0.1, 0.15) is 10.7 Å². The monoisotopic (exact) mass is 353 g/mol. The van der Waals surface area contributed by atoms with Gasteiger partial charge in [0.25, 0.3) is 0 Å². The Kier molecular flexibility index (Phi) is 3.57. The Hall–Kier alpha value is -1.92. The second kappa shape index (κ2) is 5.81. The highest BCUT2D eigenvalue weighted by molar-refractivity contribution is 7.15. The van der Waals surface area contributed by atoms with Crippen LogP contribution in [0.15, 0.2) is 24.7 Å².